The smallest absolute Gasteiger partial charge is 0.407 e. The SMILES string of the molecule is CC(c1ccc(F)c(F)c1)N(C)C(=O)CCCn1c(=O)oc2cc([N+](=O)[O-])ccc21. The van der Waals surface area contributed by atoms with Gasteiger partial charge in [-0.2, -0.15) is 0 Å². The highest BCUT2D eigenvalue weighted by Gasteiger charge is 2.19. The third-order valence-electron chi connectivity index (χ3n) is 5.04. The van der Waals surface area contributed by atoms with Gasteiger partial charge in [0.15, 0.2) is 17.2 Å². The monoisotopic (exact) mass is 419 g/mol. The molecule has 3 rings (SSSR count). The number of nitro benzene ring substituents is 1. The Hall–Kier alpha value is -3.56. The molecule has 0 aliphatic carbocycles. The number of carbonyl (C=O) groups excluding carboxylic acids is 1. The fourth-order valence-corrected chi connectivity index (χ4v) is 3.16. The number of non-ortho nitro benzene ring substituents is 1. The average Bonchev–Trinajstić information content (AvgIpc) is 3.03. The van der Waals surface area contributed by atoms with E-state index in [1.807, 2.05) is 0 Å². The van der Waals surface area contributed by atoms with Gasteiger partial charge < -0.3 is 9.32 Å². The molecule has 0 radical (unpaired) electrons. The van der Waals surface area contributed by atoms with Gasteiger partial charge in [-0.15, -0.1) is 0 Å². The van der Waals surface area contributed by atoms with Crippen LogP contribution in [-0.2, 0) is 11.3 Å². The Balaban J connectivity index is 1.65. The summed E-state index contributed by atoms with van der Waals surface area (Å²) >= 11 is 0. The maximum Gasteiger partial charge on any atom is 0.419 e. The molecule has 0 saturated heterocycles. The van der Waals surface area contributed by atoms with E-state index in [0.717, 1.165) is 12.1 Å². The van der Waals surface area contributed by atoms with Crippen molar-refractivity contribution in [3.05, 3.63) is 74.3 Å². The molecule has 1 amide bonds. The van der Waals surface area contributed by atoms with Crippen LogP contribution in [0.1, 0.15) is 31.4 Å². The van der Waals surface area contributed by atoms with E-state index >= 15 is 0 Å². The first-order chi connectivity index (χ1) is 14.2. The third kappa shape index (κ3) is 4.22. The predicted octanol–water partition coefficient (Wildman–Crippen LogP) is 3.78. The van der Waals surface area contributed by atoms with E-state index < -0.39 is 28.4 Å². The number of fused-ring (bicyclic) bond motifs is 1. The molecular weight excluding hydrogens is 400 g/mol. The van der Waals surface area contributed by atoms with Crippen LogP contribution in [0.3, 0.4) is 0 Å². The third-order valence-corrected chi connectivity index (χ3v) is 5.04. The molecule has 0 fully saturated rings. The van der Waals surface area contributed by atoms with Crippen LogP contribution in [-0.4, -0.2) is 27.3 Å². The molecule has 8 nitrogen and oxygen atoms in total. The molecule has 0 aliphatic rings. The van der Waals surface area contributed by atoms with Crippen molar-refractivity contribution in [3.8, 4) is 0 Å². The highest BCUT2D eigenvalue weighted by molar-refractivity contribution is 5.77. The lowest BCUT2D eigenvalue weighted by atomic mass is 10.1. The number of hydrogen-bond donors (Lipinski definition) is 0. The van der Waals surface area contributed by atoms with E-state index in [1.54, 1.807) is 14.0 Å². The van der Waals surface area contributed by atoms with Crippen LogP contribution >= 0.6 is 0 Å². The Kier molecular flexibility index (Phi) is 5.95. The number of aromatic nitrogens is 1. The average molecular weight is 419 g/mol. The highest BCUT2D eigenvalue weighted by atomic mass is 19.2. The summed E-state index contributed by atoms with van der Waals surface area (Å²) in [6, 6.07) is 6.90. The fourth-order valence-electron chi connectivity index (χ4n) is 3.16. The lowest BCUT2D eigenvalue weighted by Crippen LogP contribution is -2.30. The molecule has 10 heteroatoms. The van der Waals surface area contributed by atoms with Gasteiger partial charge in [-0.05, 0) is 37.1 Å². The summed E-state index contributed by atoms with van der Waals surface area (Å²) in [4.78, 5) is 36.2. The van der Waals surface area contributed by atoms with Crippen molar-refractivity contribution in [2.24, 2.45) is 0 Å². The van der Waals surface area contributed by atoms with Gasteiger partial charge in [-0.1, -0.05) is 6.07 Å². The van der Waals surface area contributed by atoms with Gasteiger partial charge in [-0.3, -0.25) is 19.5 Å². The predicted molar refractivity (Wildman–Crippen MR) is 104 cm³/mol. The zero-order valence-electron chi connectivity index (χ0n) is 16.3. The number of halogens is 2. The molecule has 1 unspecified atom stereocenters. The number of nitro groups is 1. The summed E-state index contributed by atoms with van der Waals surface area (Å²) in [7, 11) is 1.56. The van der Waals surface area contributed by atoms with Crippen molar-refractivity contribution < 1.29 is 22.9 Å². The normalized spacial score (nSPS) is 12.1. The van der Waals surface area contributed by atoms with E-state index in [9.17, 15) is 28.5 Å². The summed E-state index contributed by atoms with van der Waals surface area (Å²) < 4.78 is 32.9. The maximum atomic E-state index is 13.4. The molecule has 1 heterocycles. The summed E-state index contributed by atoms with van der Waals surface area (Å²) in [5.41, 5.74) is 0.779. The molecule has 0 aliphatic heterocycles. The van der Waals surface area contributed by atoms with Crippen LogP contribution in [0.25, 0.3) is 11.1 Å². The van der Waals surface area contributed by atoms with Gasteiger partial charge in [0.1, 0.15) is 0 Å². The van der Waals surface area contributed by atoms with Crippen LogP contribution in [0.4, 0.5) is 14.5 Å². The van der Waals surface area contributed by atoms with Gasteiger partial charge in [0.2, 0.25) is 5.91 Å². The first-order valence-electron chi connectivity index (χ1n) is 9.17. The standard InChI is InChI=1S/C20H19F2N3O5/c1-12(13-5-7-15(21)16(22)10-13)23(2)19(26)4-3-9-24-17-8-6-14(25(28)29)11-18(17)30-20(24)27/h5-8,10-12H,3-4,9H2,1-2H3. The fraction of sp³-hybridized carbons (Fsp3) is 0.300. The van der Waals surface area contributed by atoms with Crippen molar-refractivity contribution in [2.75, 3.05) is 7.05 Å². The number of carbonyl (C=O) groups is 1. The minimum Gasteiger partial charge on any atom is -0.407 e. The minimum absolute atomic E-state index is 0.101. The van der Waals surface area contributed by atoms with E-state index in [1.165, 1.54) is 33.7 Å². The van der Waals surface area contributed by atoms with E-state index in [-0.39, 0.29) is 30.1 Å². The first-order valence-corrected chi connectivity index (χ1v) is 9.17. The highest BCUT2D eigenvalue weighted by Crippen LogP contribution is 2.23. The molecule has 0 bridgehead atoms. The van der Waals surface area contributed by atoms with Crippen molar-refractivity contribution in [2.45, 2.75) is 32.4 Å². The number of oxazole rings is 1. The van der Waals surface area contributed by atoms with E-state index in [4.69, 9.17) is 4.42 Å². The maximum absolute atomic E-state index is 13.4. The van der Waals surface area contributed by atoms with Crippen molar-refractivity contribution in [1.29, 1.82) is 0 Å². The number of amides is 1. The number of benzene rings is 2. The number of nitrogens with zero attached hydrogens (tertiary/aromatic N) is 3. The summed E-state index contributed by atoms with van der Waals surface area (Å²) in [5.74, 6) is -2.83. The lowest BCUT2D eigenvalue weighted by Gasteiger charge is -2.25. The van der Waals surface area contributed by atoms with Crippen LogP contribution < -0.4 is 5.76 Å². The second-order valence-electron chi connectivity index (χ2n) is 6.89. The molecule has 158 valence electrons. The first kappa shape index (κ1) is 21.2. The van der Waals surface area contributed by atoms with Crippen LogP contribution in [0, 0.1) is 21.7 Å². The Morgan fingerprint density at radius 1 is 1.23 bits per heavy atom. The van der Waals surface area contributed by atoms with Gasteiger partial charge in [0.25, 0.3) is 5.69 Å². The number of rotatable bonds is 7. The minimum atomic E-state index is -0.980. The molecule has 0 N–H and O–H groups in total. The lowest BCUT2D eigenvalue weighted by molar-refractivity contribution is -0.384. The molecule has 2 aromatic carbocycles. The summed E-state index contributed by atoms with van der Waals surface area (Å²) in [6.45, 7) is 1.88. The zero-order chi connectivity index (χ0) is 22.0. The quantitative estimate of drug-likeness (QED) is 0.429. The largest absolute Gasteiger partial charge is 0.419 e. The Labute approximate surface area is 169 Å². The topological polar surface area (TPSA) is 98.6 Å². The van der Waals surface area contributed by atoms with Crippen LogP contribution in [0.2, 0.25) is 0 Å². The zero-order valence-corrected chi connectivity index (χ0v) is 16.3. The summed E-state index contributed by atoms with van der Waals surface area (Å²) in [6.07, 6.45) is 0.426. The Bertz CT molecular complexity index is 1170. The van der Waals surface area contributed by atoms with E-state index in [0.29, 0.717) is 17.5 Å². The molecule has 30 heavy (non-hydrogen) atoms. The number of aryl methyl sites for hydroxylation is 1. The Morgan fingerprint density at radius 2 is 1.97 bits per heavy atom. The van der Waals surface area contributed by atoms with Crippen LogP contribution in [0.15, 0.2) is 45.6 Å². The molecule has 1 atom stereocenters. The molecule has 0 saturated carbocycles. The van der Waals surface area contributed by atoms with Crippen molar-refractivity contribution in [3.63, 3.8) is 0 Å². The van der Waals surface area contributed by atoms with E-state index in [2.05, 4.69) is 0 Å². The second kappa shape index (κ2) is 8.44. The van der Waals surface area contributed by atoms with Crippen LogP contribution in [0.5, 0.6) is 0 Å². The summed E-state index contributed by atoms with van der Waals surface area (Å²) in [5, 5.41) is 10.8. The van der Waals surface area contributed by atoms with Gasteiger partial charge in [0.05, 0.1) is 22.5 Å². The molecule has 1 aromatic heterocycles. The molecular formula is C20H19F2N3O5. The van der Waals surface area contributed by atoms with Gasteiger partial charge in [0, 0.05) is 26.1 Å². The van der Waals surface area contributed by atoms with Gasteiger partial charge in [-0.25, -0.2) is 13.6 Å². The van der Waals surface area contributed by atoms with Crippen molar-refractivity contribution >= 4 is 22.7 Å². The van der Waals surface area contributed by atoms with Gasteiger partial charge >= 0.3 is 5.76 Å². The second-order valence-corrected chi connectivity index (χ2v) is 6.89. The van der Waals surface area contributed by atoms with Crippen molar-refractivity contribution in [1.82, 2.24) is 9.47 Å². The molecule has 3 aromatic rings. The number of hydrogen-bond acceptors (Lipinski definition) is 5. The Morgan fingerprint density at radius 3 is 2.63 bits per heavy atom. The molecule has 0 spiro atoms.